The van der Waals surface area contributed by atoms with Gasteiger partial charge < -0.3 is 10.1 Å². The lowest BCUT2D eigenvalue weighted by atomic mass is 10.2. The van der Waals surface area contributed by atoms with Crippen LogP contribution in [0.3, 0.4) is 0 Å². The first-order valence-corrected chi connectivity index (χ1v) is 10.4. The maximum atomic E-state index is 12.1. The van der Waals surface area contributed by atoms with Gasteiger partial charge in [-0.25, -0.2) is 8.42 Å². The highest BCUT2D eigenvalue weighted by Crippen LogP contribution is 2.23. The third kappa shape index (κ3) is 5.47. The minimum atomic E-state index is -3.39. The molecular weight excluding hydrogens is 374 g/mol. The Morgan fingerprint density at radius 2 is 1.92 bits per heavy atom. The van der Waals surface area contributed by atoms with Crippen molar-refractivity contribution in [2.45, 2.75) is 31.6 Å². The molecule has 2 aromatic carbocycles. The van der Waals surface area contributed by atoms with Gasteiger partial charge in [0.15, 0.2) is 9.84 Å². The molecule has 1 amide bonds. The van der Waals surface area contributed by atoms with Gasteiger partial charge in [0.25, 0.3) is 0 Å². The van der Waals surface area contributed by atoms with Crippen LogP contribution >= 0.6 is 11.6 Å². The van der Waals surface area contributed by atoms with Gasteiger partial charge in [0.1, 0.15) is 5.75 Å². The molecule has 7 heteroatoms. The molecule has 0 unspecified atom stereocenters. The van der Waals surface area contributed by atoms with Crippen molar-refractivity contribution < 1.29 is 17.9 Å². The van der Waals surface area contributed by atoms with Gasteiger partial charge in [-0.05, 0) is 49.2 Å². The largest absolute Gasteiger partial charge is 0.494 e. The Morgan fingerprint density at radius 1 is 1.19 bits per heavy atom. The fraction of sp³-hybridized carbons (Fsp3) is 0.316. The highest BCUT2D eigenvalue weighted by atomic mass is 35.5. The van der Waals surface area contributed by atoms with E-state index in [1.165, 1.54) is 6.07 Å². The zero-order chi connectivity index (χ0) is 19.2. The number of ether oxygens (including phenoxy) is 1. The van der Waals surface area contributed by atoms with Crippen molar-refractivity contribution in [3.63, 3.8) is 0 Å². The monoisotopic (exact) mass is 395 g/mol. The van der Waals surface area contributed by atoms with Gasteiger partial charge >= 0.3 is 0 Å². The molecule has 0 aromatic heterocycles. The summed E-state index contributed by atoms with van der Waals surface area (Å²) in [5, 5.41) is 3.35. The van der Waals surface area contributed by atoms with Crippen LogP contribution in [0, 0.1) is 6.92 Å². The molecule has 0 saturated carbocycles. The van der Waals surface area contributed by atoms with Gasteiger partial charge in [0, 0.05) is 11.4 Å². The van der Waals surface area contributed by atoms with Gasteiger partial charge in [-0.15, -0.1) is 0 Å². The topological polar surface area (TPSA) is 72.5 Å². The Kier molecular flexibility index (Phi) is 7.06. The molecule has 0 aliphatic heterocycles. The number of sulfone groups is 1. The number of halogens is 1. The van der Waals surface area contributed by atoms with Crippen molar-refractivity contribution in [3.05, 3.63) is 53.1 Å². The lowest BCUT2D eigenvalue weighted by Gasteiger charge is -2.11. The zero-order valence-electron chi connectivity index (χ0n) is 14.8. The summed E-state index contributed by atoms with van der Waals surface area (Å²) in [6.45, 7) is 3.84. The summed E-state index contributed by atoms with van der Waals surface area (Å²) < 4.78 is 29.8. The molecule has 0 atom stereocenters. The van der Waals surface area contributed by atoms with Crippen molar-refractivity contribution in [2.24, 2.45) is 0 Å². The molecule has 1 N–H and O–H groups in total. The molecule has 0 fully saturated rings. The third-order valence-electron chi connectivity index (χ3n) is 3.82. The van der Waals surface area contributed by atoms with E-state index in [-0.39, 0.29) is 23.0 Å². The van der Waals surface area contributed by atoms with Gasteiger partial charge in [-0.3, -0.25) is 4.79 Å². The van der Waals surface area contributed by atoms with Crippen LogP contribution in [-0.2, 0) is 14.6 Å². The molecule has 140 valence electrons. The van der Waals surface area contributed by atoms with Crippen LogP contribution in [0.4, 0.5) is 5.69 Å². The molecule has 0 aliphatic carbocycles. The average molecular weight is 396 g/mol. The number of aryl methyl sites for hydroxylation is 1. The third-order valence-corrected chi connectivity index (χ3v) is 6.03. The molecule has 0 saturated heterocycles. The van der Waals surface area contributed by atoms with Crippen molar-refractivity contribution in [2.75, 3.05) is 17.7 Å². The van der Waals surface area contributed by atoms with E-state index in [0.29, 0.717) is 29.5 Å². The van der Waals surface area contributed by atoms with Crippen LogP contribution in [0.15, 0.2) is 47.4 Å². The zero-order valence-corrected chi connectivity index (χ0v) is 16.4. The summed E-state index contributed by atoms with van der Waals surface area (Å²) in [4.78, 5) is 12.3. The molecule has 0 aliphatic rings. The van der Waals surface area contributed by atoms with Crippen LogP contribution in [0.25, 0.3) is 0 Å². The maximum Gasteiger partial charge on any atom is 0.224 e. The van der Waals surface area contributed by atoms with Crippen LogP contribution in [0.5, 0.6) is 5.75 Å². The summed E-state index contributed by atoms with van der Waals surface area (Å²) in [5.74, 6) is 0.431. The first-order chi connectivity index (χ1) is 12.3. The molecule has 26 heavy (non-hydrogen) atoms. The Bertz CT molecular complexity index is 881. The van der Waals surface area contributed by atoms with Crippen molar-refractivity contribution in [1.29, 1.82) is 0 Å². The van der Waals surface area contributed by atoms with Gasteiger partial charge in [-0.2, -0.15) is 0 Å². The standard InChI is InChI=1S/C19H22ClNO4S/c1-3-26(23,24)18-8-5-4-7-17(18)21-19(22)9-6-12-25-15-10-11-16(20)14(2)13-15/h4-5,7-8,10-11,13H,3,6,9,12H2,1-2H3,(H,21,22). The lowest BCUT2D eigenvalue weighted by molar-refractivity contribution is -0.116. The second-order valence-corrected chi connectivity index (χ2v) is 8.46. The number of para-hydroxylation sites is 1. The minimum absolute atomic E-state index is 0.0196. The fourth-order valence-corrected chi connectivity index (χ4v) is 3.51. The van der Waals surface area contributed by atoms with Crippen LogP contribution < -0.4 is 10.1 Å². The number of hydrogen-bond donors (Lipinski definition) is 1. The number of amides is 1. The maximum absolute atomic E-state index is 12.1. The second kappa shape index (κ2) is 9.05. The number of carbonyl (C=O) groups excluding carboxylic acids is 1. The number of benzene rings is 2. The van der Waals surface area contributed by atoms with Crippen LogP contribution in [0.2, 0.25) is 5.02 Å². The van der Waals surface area contributed by atoms with Crippen molar-refractivity contribution in [1.82, 2.24) is 0 Å². The van der Waals surface area contributed by atoms with E-state index in [1.807, 2.05) is 13.0 Å². The number of hydrogen-bond acceptors (Lipinski definition) is 4. The molecule has 0 radical (unpaired) electrons. The first kappa shape index (κ1) is 20.3. The molecular formula is C19H22ClNO4S. The number of anilines is 1. The van der Waals surface area contributed by atoms with Gasteiger partial charge in [0.2, 0.25) is 5.91 Å². The minimum Gasteiger partial charge on any atom is -0.494 e. The quantitative estimate of drug-likeness (QED) is 0.678. The Labute approximate surface area is 159 Å². The highest BCUT2D eigenvalue weighted by molar-refractivity contribution is 7.91. The molecule has 2 aromatic rings. The smallest absolute Gasteiger partial charge is 0.224 e. The van der Waals surface area contributed by atoms with Crippen LogP contribution in [0.1, 0.15) is 25.3 Å². The van der Waals surface area contributed by atoms with E-state index in [0.717, 1.165) is 5.56 Å². The summed E-state index contributed by atoms with van der Waals surface area (Å²) in [6, 6.07) is 11.8. The first-order valence-electron chi connectivity index (χ1n) is 8.34. The fourth-order valence-electron chi connectivity index (χ4n) is 2.34. The van der Waals surface area contributed by atoms with Crippen LogP contribution in [-0.4, -0.2) is 26.7 Å². The lowest BCUT2D eigenvalue weighted by Crippen LogP contribution is -2.16. The molecule has 0 spiro atoms. The predicted molar refractivity (Wildman–Crippen MR) is 104 cm³/mol. The Balaban J connectivity index is 1.87. The predicted octanol–water partition coefficient (Wildman–Crippen LogP) is 4.24. The number of carbonyl (C=O) groups is 1. The number of rotatable bonds is 8. The van der Waals surface area contributed by atoms with E-state index in [1.54, 1.807) is 37.3 Å². The normalized spacial score (nSPS) is 11.2. The molecule has 0 heterocycles. The van der Waals surface area contributed by atoms with E-state index < -0.39 is 9.84 Å². The average Bonchev–Trinajstić information content (AvgIpc) is 2.62. The summed E-state index contributed by atoms with van der Waals surface area (Å²) in [5.41, 5.74) is 1.24. The van der Waals surface area contributed by atoms with E-state index in [9.17, 15) is 13.2 Å². The van der Waals surface area contributed by atoms with Crippen molar-refractivity contribution >= 4 is 33.0 Å². The van der Waals surface area contributed by atoms with Crippen molar-refractivity contribution in [3.8, 4) is 5.75 Å². The van der Waals surface area contributed by atoms with Gasteiger partial charge in [0.05, 0.1) is 22.9 Å². The van der Waals surface area contributed by atoms with E-state index >= 15 is 0 Å². The van der Waals surface area contributed by atoms with Gasteiger partial charge in [-0.1, -0.05) is 30.7 Å². The Hall–Kier alpha value is -2.05. The van der Waals surface area contributed by atoms with E-state index in [4.69, 9.17) is 16.3 Å². The number of nitrogens with one attached hydrogen (secondary N) is 1. The summed E-state index contributed by atoms with van der Waals surface area (Å²) in [7, 11) is -3.39. The molecule has 5 nitrogen and oxygen atoms in total. The molecule has 0 bridgehead atoms. The summed E-state index contributed by atoms with van der Waals surface area (Å²) in [6.07, 6.45) is 0.739. The highest BCUT2D eigenvalue weighted by Gasteiger charge is 2.17. The molecule has 2 rings (SSSR count). The Morgan fingerprint density at radius 3 is 2.62 bits per heavy atom. The SMILES string of the molecule is CCS(=O)(=O)c1ccccc1NC(=O)CCCOc1ccc(Cl)c(C)c1. The van der Waals surface area contributed by atoms with E-state index in [2.05, 4.69) is 5.32 Å². The second-order valence-electron chi connectivity index (χ2n) is 5.81. The summed E-state index contributed by atoms with van der Waals surface area (Å²) >= 11 is 5.96.